The number of benzene rings is 1. The van der Waals surface area contributed by atoms with Crippen LogP contribution in [0.5, 0.6) is 0 Å². The number of piperazine rings is 1. The normalized spacial score (nSPS) is 19.8. The van der Waals surface area contributed by atoms with Crippen molar-refractivity contribution in [2.24, 2.45) is 0 Å². The molecule has 7 nitrogen and oxygen atoms in total. The average Bonchev–Trinajstić information content (AvgIpc) is 2.76. The first-order valence-electron chi connectivity index (χ1n) is 7.61. The third kappa shape index (κ3) is 3.13. The van der Waals surface area contributed by atoms with Gasteiger partial charge in [-0.1, -0.05) is 19.1 Å². The summed E-state index contributed by atoms with van der Waals surface area (Å²) in [6, 6.07) is 6.05. The van der Waals surface area contributed by atoms with E-state index in [1.165, 1.54) is 12.1 Å². The van der Waals surface area contributed by atoms with E-state index in [0.29, 0.717) is 17.4 Å². The van der Waals surface area contributed by atoms with E-state index < -0.39 is 22.5 Å². The Labute approximate surface area is 147 Å². The molecule has 2 amide bonds. The van der Waals surface area contributed by atoms with Crippen LogP contribution in [0.1, 0.15) is 17.3 Å². The number of nitrogens with zero attached hydrogens (tertiary/aromatic N) is 3. The predicted molar refractivity (Wildman–Crippen MR) is 90.6 cm³/mol. The highest BCUT2D eigenvalue weighted by Gasteiger charge is 2.42. The van der Waals surface area contributed by atoms with Crippen LogP contribution >= 0.6 is 12.4 Å². The number of carbonyl (C=O) groups is 2. The minimum absolute atomic E-state index is 0. The molecule has 0 aliphatic carbocycles. The number of amides is 2. The van der Waals surface area contributed by atoms with Crippen LogP contribution in [0, 0.1) is 0 Å². The number of carbonyl (C=O) groups excluding carboxylic acids is 2. The summed E-state index contributed by atoms with van der Waals surface area (Å²) >= 11 is 0. The summed E-state index contributed by atoms with van der Waals surface area (Å²) in [7, 11) is -3.92. The van der Waals surface area contributed by atoms with Crippen molar-refractivity contribution in [3.8, 4) is 0 Å². The average molecular weight is 374 g/mol. The van der Waals surface area contributed by atoms with Crippen molar-refractivity contribution in [1.82, 2.24) is 14.1 Å². The zero-order valence-electron chi connectivity index (χ0n) is 13.3. The Morgan fingerprint density at radius 1 is 1.12 bits per heavy atom. The summed E-state index contributed by atoms with van der Waals surface area (Å²) in [5.41, 5.74) is 0.135. The molecule has 0 saturated carbocycles. The summed E-state index contributed by atoms with van der Waals surface area (Å²) in [6.07, 6.45) is 0. The number of halogens is 1. The monoisotopic (exact) mass is 373 g/mol. The van der Waals surface area contributed by atoms with Gasteiger partial charge in [0, 0.05) is 26.2 Å². The lowest BCUT2D eigenvalue weighted by Gasteiger charge is -2.34. The van der Waals surface area contributed by atoms with Crippen molar-refractivity contribution in [3.05, 3.63) is 29.8 Å². The second-order valence-corrected chi connectivity index (χ2v) is 7.46. The summed E-state index contributed by atoms with van der Waals surface area (Å²) in [5, 5.41) is 0. The molecule has 132 valence electrons. The standard InChI is InChI=1S/C15H19N3O4S.ClH/c1-2-16-7-9-17(10-8-16)14(19)11-18-15(20)12-5-3-4-6-13(12)23(18,21)22;/h3-6H,2,7-11H2,1H3;1H. The third-order valence-electron chi connectivity index (χ3n) is 4.36. The molecule has 1 fully saturated rings. The van der Waals surface area contributed by atoms with Gasteiger partial charge in [0.1, 0.15) is 11.4 Å². The largest absolute Gasteiger partial charge is 0.339 e. The van der Waals surface area contributed by atoms with E-state index in [0.717, 1.165) is 19.6 Å². The predicted octanol–water partition coefficient (Wildman–Crippen LogP) is 0.417. The minimum Gasteiger partial charge on any atom is -0.339 e. The van der Waals surface area contributed by atoms with E-state index in [2.05, 4.69) is 11.8 Å². The molecule has 1 aromatic carbocycles. The van der Waals surface area contributed by atoms with Crippen molar-refractivity contribution >= 4 is 34.2 Å². The lowest BCUT2D eigenvalue weighted by molar-refractivity contribution is -0.132. The second kappa shape index (κ2) is 7.08. The topological polar surface area (TPSA) is 78.0 Å². The molecule has 9 heteroatoms. The van der Waals surface area contributed by atoms with Crippen LogP contribution in [0.2, 0.25) is 0 Å². The van der Waals surface area contributed by atoms with Crippen molar-refractivity contribution in [1.29, 1.82) is 0 Å². The van der Waals surface area contributed by atoms with Gasteiger partial charge in [0.05, 0.1) is 5.56 Å². The number of hydrogen-bond acceptors (Lipinski definition) is 5. The van der Waals surface area contributed by atoms with Crippen LogP contribution in [-0.2, 0) is 14.8 Å². The molecule has 0 bridgehead atoms. The van der Waals surface area contributed by atoms with Crippen LogP contribution in [0.15, 0.2) is 29.2 Å². The van der Waals surface area contributed by atoms with E-state index in [4.69, 9.17) is 0 Å². The maximum Gasteiger partial charge on any atom is 0.269 e. The Kier molecular flexibility index (Phi) is 5.52. The molecular formula is C15H20ClN3O4S. The van der Waals surface area contributed by atoms with Gasteiger partial charge >= 0.3 is 0 Å². The molecule has 2 heterocycles. The maximum atomic E-state index is 12.4. The Balaban J connectivity index is 0.00000208. The highest BCUT2D eigenvalue weighted by atomic mass is 35.5. The fourth-order valence-corrected chi connectivity index (χ4v) is 4.44. The Morgan fingerprint density at radius 2 is 1.75 bits per heavy atom. The van der Waals surface area contributed by atoms with E-state index in [1.807, 2.05) is 0 Å². The van der Waals surface area contributed by atoms with Crippen molar-refractivity contribution < 1.29 is 18.0 Å². The lowest BCUT2D eigenvalue weighted by atomic mass is 10.2. The number of likely N-dealkylation sites (N-methyl/N-ethyl adjacent to an activating group) is 1. The Bertz CT molecular complexity index is 745. The maximum absolute atomic E-state index is 12.4. The van der Waals surface area contributed by atoms with Gasteiger partial charge in [-0.05, 0) is 18.7 Å². The highest BCUT2D eigenvalue weighted by molar-refractivity contribution is 7.90. The van der Waals surface area contributed by atoms with Gasteiger partial charge in [-0.25, -0.2) is 12.7 Å². The van der Waals surface area contributed by atoms with Gasteiger partial charge in [-0.3, -0.25) is 9.59 Å². The van der Waals surface area contributed by atoms with E-state index in [9.17, 15) is 18.0 Å². The van der Waals surface area contributed by atoms with Crippen LogP contribution in [0.25, 0.3) is 0 Å². The second-order valence-electron chi connectivity index (χ2n) is 5.63. The first kappa shape index (κ1) is 18.7. The molecule has 2 aliphatic rings. The molecule has 3 rings (SSSR count). The number of rotatable bonds is 3. The molecule has 2 aliphatic heterocycles. The number of fused-ring (bicyclic) bond motifs is 1. The van der Waals surface area contributed by atoms with Crippen molar-refractivity contribution in [2.45, 2.75) is 11.8 Å². The third-order valence-corrected chi connectivity index (χ3v) is 6.15. The van der Waals surface area contributed by atoms with Crippen LogP contribution < -0.4 is 0 Å². The zero-order valence-corrected chi connectivity index (χ0v) is 15.0. The van der Waals surface area contributed by atoms with Gasteiger partial charge in [0.15, 0.2) is 0 Å². The first-order valence-corrected chi connectivity index (χ1v) is 9.05. The first-order chi connectivity index (χ1) is 10.9. The molecule has 0 N–H and O–H groups in total. The van der Waals surface area contributed by atoms with Gasteiger partial charge in [-0.15, -0.1) is 12.4 Å². The quantitative estimate of drug-likeness (QED) is 0.767. The number of hydrogen-bond donors (Lipinski definition) is 0. The molecule has 1 aromatic rings. The summed E-state index contributed by atoms with van der Waals surface area (Å²) in [4.78, 5) is 28.5. The molecule has 0 aromatic heterocycles. The van der Waals surface area contributed by atoms with E-state index >= 15 is 0 Å². The molecule has 0 spiro atoms. The van der Waals surface area contributed by atoms with Crippen LogP contribution in [0.4, 0.5) is 0 Å². The van der Waals surface area contributed by atoms with E-state index in [-0.39, 0.29) is 28.8 Å². The highest BCUT2D eigenvalue weighted by Crippen LogP contribution is 2.29. The van der Waals surface area contributed by atoms with Gasteiger partial charge in [-0.2, -0.15) is 0 Å². The molecule has 0 unspecified atom stereocenters. The minimum atomic E-state index is -3.92. The molecular weight excluding hydrogens is 354 g/mol. The molecule has 0 atom stereocenters. The summed E-state index contributed by atoms with van der Waals surface area (Å²) in [6.45, 7) is 5.21. The summed E-state index contributed by atoms with van der Waals surface area (Å²) < 4.78 is 25.6. The van der Waals surface area contributed by atoms with Crippen LogP contribution in [-0.4, -0.2) is 73.6 Å². The van der Waals surface area contributed by atoms with E-state index in [1.54, 1.807) is 17.0 Å². The Morgan fingerprint density at radius 3 is 2.33 bits per heavy atom. The smallest absolute Gasteiger partial charge is 0.269 e. The number of sulfonamides is 1. The lowest BCUT2D eigenvalue weighted by Crippen LogP contribution is -2.51. The fraction of sp³-hybridized carbons (Fsp3) is 0.467. The SMILES string of the molecule is CCN1CCN(C(=O)CN2C(=O)c3ccccc3S2(=O)=O)CC1.Cl. The van der Waals surface area contributed by atoms with Gasteiger partial charge < -0.3 is 9.80 Å². The van der Waals surface area contributed by atoms with Crippen molar-refractivity contribution in [3.63, 3.8) is 0 Å². The van der Waals surface area contributed by atoms with Gasteiger partial charge in [0.2, 0.25) is 5.91 Å². The molecule has 0 radical (unpaired) electrons. The van der Waals surface area contributed by atoms with Crippen LogP contribution in [0.3, 0.4) is 0 Å². The van der Waals surface area contributed by atoms with Gasteiger partial charge in [0.25, 0.3) is 15.9 Å². The molecule has 24 heavy (non-hydrogen) atoms. The Hall–Kier alpha value is -1.64. The zero-order chi connectivity index (χ0) is 16.6. The summed E-state index contributed by atoms with van der Waals surface area (Å²) in [5.74, 6) is -0.952. The van der Waals surface area contributed by atoms with Crippen molar-refractivity contribution in [2.75, 3.05) is 39.3 Å². The molecule has 1 saturated heterocycles. The fourth-order valence-electron chi connectivity index (χ4n) is 2.92.